The summed E-state index contributed by atoms with van der Waals surface area (Å²) in [6.45, 7) is 1.36. The number of nitro benzene ring substituents is 1. The van der Waals surface area contributed by atoms with Crippen LogP contribution in [0.3, 0.4) is 0 Å². The second kappa shape index (κ2) is 7.83. The summed E-state index contributed by atoms with van der Waals surface area (Å²) in [5, 5.41) is 16.7. The van der Waals surface area contributed by atoms with Crippen LogP contribution in [0.2, 0.25) is 5.02 Å². The smallest absolute Gasteiger partial charge is 0.293 e. The van der Waals surface area contributed by atoms with Crippen molar-refractivity contribution in [2.75, 3.05) is 29.6 Å². The molecule has 0 saturated carbocycles. The highest BCUT2D eigenvalue weighted by molar-refractivity contribution is 6.34. The number of hydrogen-bond donors (Lipinski definition) is 2. The van der Waals surface area contributed by atoms with E-state index in [-0.39, 0.29) is 22.2 Å². The van der Waals surface area contributed by atoms with E-state index in [2.05, 4.69) is 10.6 Å². The number of nitro groups is 1. The molecule has 0 saturated heterocycles. The summed E-state index contributed by atoms with van der Waals surface area (Å²) in [4.78, 5) is 35.7. The predicted octanol–water partition coefficient (Wildman–Crippen LogP) is 3.52. The Morgan fingerprint density at radius 2 is 1.81 bits per heavy atom. The Bertz CT molecular complexity index is 883. The van der Waals surface area contributed by atoms with Crippen LogP contribution in [0.15, 0.2) is 36.4 Å². The van der Waals surface area contributed by atoms with Crippen molar-refractivity contribution < 1.29 is 14.5 Å². The van der Waals surface area contributed by atoms with E-state index < -0.39 is 10.8 Å². The summed E-state index contributed by atoms with van der Waals surface area (Å²) in [7, 11) is 3.36. The molecule has 2 rings (SSSR count). The topological polar surface area (TPSA) is 105 Å². The van der Waals surface area contributed by atoms with E-state index in [0.717, 1.165) is 0 Å². The van der Waals surface area contributed by atoms with E-state index in [1.54, 1.807) is 31.1 Å². The van der Waals surface area contributed by atoms with Gasteiger partial charge in [0.05, 0.1) is 15.6 Å². The van der Waals surface area contributed by atoms with Gasteiger partial charge in [0.25, 0.3) is 11.6 Å². The van der Waals surface area contributed by atoms with E-state index in [9.17, 15) is 19.7 Å². The van der Waals surface area contributed by atoms with Gasteiger partial charge in [0.1, 0.15) is 5.69 Å². The van der Waals surface area contributed by atoms with Gasteiger partial charge in [-0.15, -0.1) is 0 Å². The summed E-state index contributed by atoms with van der Waals surface area (Å²) >= 11 is 6.06. The molecule has 2 aromatic rings. The zero-order chi connectivity index (χ0) is 19.4. The average Bonchev–Trinajstić information content (AvgIpc) is 2.56. The van der Waals surface area contributed by atoms with Gasteiger partial charge < -0.3 is 15.5 Å². The van der Waals surface area contributed by atoms with E-state index in [0.29, 0.717) is 17.1 Å². The molecular formula is C17H17ClN4O4. The van der Waals surface area contributed by atoms with Crippen molar-refractivity contribution in [2.24, 2.45) is 0 Å². The van der Waals surface area contributed by atoms with Crippen molar-refractivity contribution in [2.45, 2.75) is 6.92 Å². The molecule has 0 atom stereocenters. The van der Waals surface area contributed by atoms with Crippen molar-refractivity contribution >= 4 is 46.2 Å². The third kappa shape index (κ3) is 4.48. The molecule has 0 aliphatic heterocycles. The Hall–Kier alpha value is -3.13. The molecule has 0 aliphatic rings. The van der Waals surface area contributed by atoms with Crippen molar-refractivity contribution in [1.29, 1.82) is 0 Å². The summed E-state index contributed by atoms with van der Waals surface area (Å²) in [5.41, 5.74) is 1.19. The molecule has 0 radical (unpaired) electrons. The maximum Gasteiger partial charge on any atom is 0.293 e. The second-order valence-corrected chi connectivity index (χ2v) is 6.09. The average molecular weight is 377 g/mol. The predicted molar refractivity (Wildman–Crippen MR) is 101 cm³/mol. The lowest BCUT2D eigenvalue weighted by atomic mass is 10.1. The van der Waals surface area contributed by atoms with Gasteiger partial charge in [0, 0.05) is 38.3 Å². The van der Waals surface area contributed by atoms with E-state index >= 15 is 0 Å². The number of hydrogen-bond acceptors (Lipinski definition) is 5. The minimum atomic E-state index is -0.537. The molecule has 2 N–H and O–H groups in total. The first kappa shape index (κ1) is 19.2. The quantitative estimate of drug-likeness (QED) is 0.613. The van der Waals surface area contributed by atoms with Crippen molar-refractivity contribution in [3.05, 3.63) is 57.1 Å². The molecule has 2 amide bonds. The molecule has 136 valence electrons. The van der Waals surface area contributed by atoms with Crippen LogP contribution >= 0.6 is 11.6 Å². The SMILES string of the molecule is CC(=O)Nc1ccc(NC(=O)c2ccc(N(C)C)c([N+](=O)[O-])c2)cc1Cl. The first-order chi connectivity index (χ1) is 12.2. The first-order valence-corrected chi connectivity index (χ1v) is 7.91. The fourth-order valence-electron chi connectivity index (χ4n) is 2.28. The third-order valence-electron chi connectivity index (χ3n) is 3.45. The number of amides is 2. The monoisotopic (exact) mass is 376 g/mol. The third-order valence-corrected chi connectivity index (χ3v) is 3.77. The Balaban J connectivity index is 2.25. The lowest BCUT2D eigenvalue weighted by molar-refractivity contribution is -0.384. The maximum absolute atomic E-state index is 12.4. The second-order valence-electron chi connectivity index (χ2n) is 5.68. The minimum Gasteiger partial charge on any atom is -0.372 e. The number of halogens is 1. The van der Waals surface area contributed by atoms with Gasteiger partial charge in [0.15, 0.2) is 0 Å². The molecule has 0 spiro atoms. The summed E-state index contributed by atoms with van der Waals surface area (Å²) in [6.07, 6.45) is 0. The van der Waals surface area contributed by atoms with Gasteiger partial charge in [-0.1, -0.05) is 11.6 Å². The van der Waals surface area contributed by atoms with Crippen LogP contribution in [0.4, 0.5) is 22.7 Å². The zero-order valence-corrected chi connectivity index (χ0v) is 15.1. The Labute approximate surface area is 154 Å². The van der Waals surface area contributed by atoms with Gasteiger partial charge in [-0.2, -0.15) is 0 Å². The van der Waals surface area contributed by atoms with Crippen LogP contribution in [-0.2, 0) is 4.79 Å². The molecule has 26 heavy (non-hydrogen) atoms. The summed E-state index contributed by atoms with van der Waals surface area (Å²) in [5.74, 6) is -0.779. The van der Waals surface area contributed by atoms with Gasteiger partial charge in [-0.25, -0.2) is 0 Å². The zero-order valence-electron chi connectivity index (χ0n) is 14.4. The van der Waals surface area contributed by atoms with Gasteiger partial charge in [0.2, 0.25) is 5.91 Å². The number of rotatable bonds is 5. The molecule has 0 unspecified atom stereocenters. The van der Waals surface area contributed by atoms with Crippen LogP contribution in [0.25, 0.3) is 0 Å². The minimum absolute atomic E-state index is 0.143. The number of anilines is 3. The van der Waals surface area contributed by atoms with Gasteiger partial charge in [-0.3, -0.25) is 19.7 Å². The highest BCUT2D eigenvalue weighted by atomic mass is 35.5. The number of carbonyl (C=O) groups is 2. The molecule has 0 heterocycles. The number of nitrogens with zero attached hydrogens (tertiary/aromatic N) is 2. The lowest BCUT2D eigenvalue weighted by Crippen LogP contribution is -2.15. The molecule has 0 fully saturated rings. The Kier molecular flexibility index (Phi) is 5.78. The Morgan fingerprint density at radius 1 is 1.12 bits per heavy atom. The molecule has 0 aromatic heterocycles. The summed E-state index contributed by atoms with van der Waals surface area (Å²) in [6, 6.07) is 8.84. The summed E-state index contributed by atoms with van der Waals surface area (Å²) < 4.78 is 0. The van der Waals surface area contributed by atoms with Crippen LogP contribution in [0, 0.1) is 10.1 Å². The molecule has 8 nitrogen and oxygen atoms in total. The fourth-order valence-corrected chi connectivity index (χ4v) is 2.50. The molecule has 0 bridgehead atoms. The lowest BCUT2D eigenvalue weighted by Gasteiger charge is -2.13. The molecular weight excluding hydrogens is 360 g/mol. The standard InChI is InChI=1S/C17H17ClN4O4/c1-10(23)19-14-6-5-12(9-13(14)18)20-17(24)11-4-7-15(21(2)3)16(8-11)22(25)26/h4-9H,1-3H3,(H,19,23)(H,20,24). The number of carbonyl (C=O) groups excluding carboxylic acids is 2. The van der Waals surface area contributed by atoms with Gasteiger partial charge in [-0.05, 0) is 30.3 Å². The fraction of sp³-hybridized carbons (Fsp3) is 0.176. The van der Waals surface area contributed by atoms with Crippen LogP contribution in [0.1, 0.15) is 17.3 Å². The van der Waals surface area contributed by atoms with Crippen LogP contribution in [-0.4, -0.2) is 30.8 Å². The van der Waals surface area contributed by atoms with Crippen LogP contribution < -0.4 is 15.5 Å². The highest BCUT2D eigenvalue weighted by Crippen LogP contribution is 2.29. The van der Waals surface area contributed by atoms with E-state index in [1.165, 1.54) is 31.2 Å². The van der Waals surface area contributed by atoms with Gasteiger partial charge >= 0.3 is 0 Å². The molecule has 2 aromatic carbocycles. The normalized spacial score (nSPS) is 10.2. The first-order valence-electron chi connectivity index (χ1n) is 7.53. The molecule has 0 aliphatic carbocycles. The number of nitrogens with one attached hydrogen (secondary N) is 2. The van der Waals surface area contributed by atoms with Crippen molar-refractivity contribution in [3.8, 4) is 0 Å². The van der Waals surface area contributed by atoms with E-state index in [1.807, 2.05) is 0 Å². The maximum atomic E-state index is 12.4. The largest absolute Gasteiger partial charge is 0.372 e. The molecule has 9 heteroatoms. The number of benzene rings is 2. The van der Waals surface area contributed by atoms with Crippen LogP contribution in [0.5, 0.6) is 0 Å². The Morgan fingerprint density at radius 3 is 2.35 bits per heavy atom. The van der Waals surface area contributed by atoms with E-state index in [4.69, 9.17) is 11.6 Å². The highest BCUT2D eigenvalue weighted by Gasteiger charge is 2.19. The van der Waals surface area contributed by atoms with Crippen molar-refractivity contribution in [1.82, 2.24) is 0 Å². The van der Waals surface area contributed by atoms with Crippen molar-refractivity contribution in [3.63, 3.8) is 0 Å².